The number of ether oxygens (including phenoxy) is 2. The van der Waals surface area contributed by atoms with Crippen LogP contribution in [0.2, 0.25) is 0 Å². The Kier molecular flexibility index (Phi) is 4.93. The molecule has 5 nitrogen and oxygen atoms in total. The fourth-order valence-corrected chi connectivity index (χ4v) is 1.51. The lowest BCUT2D eigenvalue weighted by Gasteiger charge is -2.14. The standard InChI is InChI=1S/C12H18N2O3/c1-8-5-9(3-4-11(8)16-2)10(13)6-17-7-12(14)15/h3-5,10H,6-7,13H2,1-2H3,(H2,14,15). The Labute approximate surface area is 101 Å². The van der Waals surface area contributed by atoms with E-state index in [2.05, 4.69) is 0 Å². The molecule has 0 fully saturated rings. The summed E-state index contributed by atoms with van der Waals surface area (Å²) >= 11 is 0. The molecule has 0 aliphatic rings. The molecule has 1 amide bonds. The van der Waals surface area contributed by atoms with Gasteiger partial charge in [0.2, 0.25) is 5.91 Å². The van der Waals surface area contributed by atoms with Gasteiger partial charge in [-0.2, -0.15) is 0 Å². The van der Waals surface area contributed by atoms with Crippen molar-refractivity contribution in [2.24, 2.45) is 11.5 Å². The first-order chi connectivity index (χ1) is 8.04. The Morgan fingerprint density at radius 3 is 2.71 bits per heavy atom. The molecule has 4 N–H and O–H groups in total. The first-order valence-electron chi connectivity index (χ1n) is 5.30. The molecule has 1 unspecified atom stereocenters. The number of primary amides is 1. The minimum atomic E-state index is -0.497. The SMILES string of the molecule is COc1ccc(C(N)COCC(N)=O)cc1C. The first kappa shape index (κ1) is 13.5. The average molecular weight is 238 g/mol. The summed E-state index contributed by atoms with van der Waals surface area (Å²) in [5, 5.41) is 0. The number of amides is 1. The summed E-state index contributed by atoms with van der Waals surface area (Å²) in [6.45, 7) is 2.09. The van der Waals surface area contributed by atoms with E-state index in [1.54, 1.807) is 7.11 Å². The van der Waals surface area contributed by atoms with Gasteiger partial charge in [-0.3, -0.25) is 4.79 Å². The molecule has 1 atom stereocenters. The molecule has 17 heavy (non-hydrogen) atoms. The van der Waals surface area contributed by atoms with E-state index in [0.29, 0.717) is 0 Å². The van der Waals surface area contributed by atoms with Gasteiger partial charge < -0.3 is 20.9 Å². The molecule has 1 rings (SSSR count). The number of carbonyl (C=O) groups excluding carboxylic acids is 1. The van der Waals surface area contributed by atoms with Crippen molar-refractivity contribution in [1.29, 1.82) is 0 Å². The first-order valence-corrected chi connectivity index (χ1v) is 5.30. The van der Waals surface area contributed by atoms with E-state index in [9.17, 15) is 4.79 Å². The zero-order valence-corrected chi connectivity index (χ0v) is 10.1. The number of rotatable bonds is 6. The molecule has 0 bridgehead atoms. The van der Waals surface area contributed by atoms with E-state index in [4.69, 9.17) is 20.9 Å². The molecule has 0 saturated carbocycles. The Balaban J connectivity index is 2.59. The lowest BCUT2D eigenvalue weighted by atomic mass is 10.1. The molecule has 0 saturated heterocycles. The van der Waals surface area contributed by atoms with Gasteiger partial charge in [0.25, 0.3) is 0 Å². The van der Waals surface area contributed by atoms with Crippen molar-refractivity contribution >= 4 is 5.91 Å². The molecule has 0 heterocycles. The summed E-state index contributed by atoms with van der Waals surface area (Å²) in [6.07, 6.45) is 0. The minimum absolute atomic E-state index is 0.108. The van der Waals surface area contributed by atoms with Crippen LogP contribution in [0.3, 0.4) is 0 Å². The quantitative estimate of drug-likeness (QED) is 0.755. The molecule has 5 heteroatoms. The summed E-state index contributed by atoms with van der Waals surface area (Å²) in [4.78, 5) is 10.5. The molecular formula is C12H18N2O3. The van der Waals surface area contributed by atoms with Crippen LogP contribution in [0.1, 0.15) is 17.2 Å². The lowest BCUT2D eigenvalue weighted by Crippen LogP contribution is -2.23. The van der Waals surface area contributed by atoms with Gasteiger partial charge in [0.05, 0.1) is 19.8 Å². The van der Waals surface area contributed by atoms with Crippen LogP contribution >= 0.6 is 0 Å². The summed E-state index contributed by atoms with van der Waals surface area (Å²) in [5.74, 6) is 0.321. The fourth-order valence-electron chi connectivity index (χ4n) is 1.51. The number of methoxy groups -OCH3 is 1. The molecule has 0 aliphatic carbocycles. The van der Waals surface area contributed by atoms with E-state index in [-0.39, 0.29) is 19.3 Å². The van der Waals surface area contributed by atoms with Crippen molar-refractivity contribution in [2.75, 3.05) is 20.3 Å². The second kappa shape index (κ2) is 6.22. The summed E-state index contributed by atoms with van der Waals surface area (Å²) in [7, 11) is 1.62. The van der Waals surface area contributed by atoms with Crippen molar-refractivity contribution in [2.45, 2.75) is 13.0 Å². The smallest absolute Gasteiger partial charge is 0.243 e. The number of hydrogen-bond donors (Lipinski definition) is 2. The van der Waals surface area contributed by atoms with Gasteiger partial charge in [-0.1, -0.05) is 12.1 Å². The van der Waals surface area contributed by atoms with Crippen LogP contribution in [0, 0.1) is 6.92 Å². The Hall–Kier alpha value is -1.59. The maximum Gasteiger partial charge on any atom is 0.243 e. The second-order valence-electron chi connectivity index (χ2n) is 3.82. The normalized spacial score (nSPS) is 12.2. The monoisotopic (exact) mass is 238 g/mol. The summed E-state index contributed by atoms with van der Waals surface area (Å²) in [5.41, 5.74) is 12.8. The van der Waals surface area contributed by atoms with Crippen molar-refractivity contribution in [1.82, 2.24) is 0 Å². The van der Waals surface area contributed by atoms with Crippen LogP contribution in [-0.2, 0) is 9.53 Å². The molecule has 0 radical (unpaired) electrons. The van der Waals surface area contributed by atoms with Gasteiger partial charge in [0, 0.05) is 0 Å². The minimum Gasteiger partial charge on any atom is -0.496 e. The van der Waals surface area contributed by atoms with Crippen LogP contribution in [-0.4, -0.2) is 26.2 Å². The Bertz CT molecular complexity index is 393. The highest BCUT2D eigenvalue weighted by Gasteiger charge is 2.09. The number of hydrogen-bond acceptors (Lipinski definition) is 4. The number of benzene rings is 1. The van der Waals surface area contributed by atoms with Crippen LogP contribution in [0.4, 0.5) is 0 Å². The number of carbonyl (C=O) groups is 1. The Morgan fingerprint density at radius 2 is 2.18 bits per heavy atom. The molecule has 0 aliphatic heterocycles. The van der Waals surface area contributed by atoms with Crippen LogP contribution in [0.5, 0.6) is 5.75 Å². The zero-order chi connectivity index (χ0) is 12.8. The predicted octanol–water partition coefficient (Wildman–Crippen LogP) is 0.505. The van der Waals surface area contributed by atoms with Crippen molar-refractivity contribution < 1.29 is 14.3 Å². The third kappa shape index (κ3) is 4.05. The molecule has 1 aromatic carbocycles. The molecule has 1 aromatic rings. The topological polar surface area (TPSA) is 87.6 Å². The van der Waals surface area contributed by atoms with Crippen LogP contribution < -0.4 is 16.2 Å². The van der Waals surface area contributed by atoms with E-state index in [1.165, 1.54) is 0 Å². The third-order valence-electron chi connectivity index (χ3n) is 2.39. The van der Waals surface area contributed by atoms with Crippen LogP contribution in [0.25, 0.3) is 0 Å². The fraction of sp³-hybridized carbons (Fsp3) is 0.417. The van der Waals surface area contributed by atoms with E-state index in [0.717, 1.165) is 16.9 Å². The van der Waals surface area contributed by atoms with Crippen molar-refractivity contribution in [3.05, 3.63) is 29.3 Å². The van der Waals surface area contributed by atoms with Gasteiger partial charge in [-0.15, -0.1) is 0 Å². The van der Waals surface area contributed by atoms with E-state index >= 15 is 0 Å². The van der Waals surface area contributed by atoms with Crippen molar-refractivity contribution in [3.8, 4) is 5.75 Å². The highest BCUT2D eigenvalue weighted by molar-refractivity contribution is 5.74. The highest BCUT2D eigenvalue weighted by Crippen LogP contribution is 2.21. The maximum atomic E-state index is 10.5. The van der Waals surface area contributed by atoms with Gasteiger partial charge in [-0.25, -0.2) is 0 Å². The predicted molar refractivity (Wildman–Crippen MR) is 64.7 cm³/mol. The zero-order valence-electron chi connectivity index (χ0n) is 10.1. The molecule has 94 valence electrons. The Morgan fingerprint density at radius 1 is 1.47 bits per heavy atom. The number of aryl methyl sites for hydroxylation is 1. The van der Waals surface area contributed by atoms with Crippen molar-refractivity contribution in [3.63, 3.8) is 0 Å². The largest absolute Gasteiger partial charge is 0.496 e. The number of nitrogens with two attached hydrogens (primary N) is 2. The van der Waals surface area contributed by atoms with Gasteiger partial charge in [-0.05, 0) is 24.1 Å². The van der Waals surface area contributed by atoms with Gasteiger partial charge in [0.15, 0.2) is 0 Å². The van der Waals surface area contributed by atoms with E-state index in [1.807, 2.05) is 25.1 Å². The average Bonchev–Trinajstić information content (AvgIpc) is 2.28. The lowest BCUT2D eigenvalue weighted by molar-refractivity contribution is -0.122. The second-order valence-corrected chi connectivity index (χ2v) is 3.82. The molecule has 0 spiro atoms. The molecular weight excluding hydrogens is 220 g/mol. The van der Waals surface area contributed by atoms with Gasteiger partial charge >= 0.3 is 0 Å². The highest BCUT2D eigenvalue weighted by atomic mass is 16.5. The maximum absolute atomic E-state index is 10.5. The summed E-state index contributed by atoms with van der Waals surface area (Å²) < 4.78 is 10.2. The molecule has 0 aromatic heterocycles. The van der Waals surface area contributed by atoms with E-state index < -0.39 is 5.91 Å². The summed E-state index contributed by atoms with van der Waals surface area (Å²) in [6, 6.07) is 5.40. The van der Waals surface area contributed by atoms with Crippen LogP contribution in [0.15, 0.2) is 18.2 Å². The van der Waals surface area contributed by atoms with Gasteiger partial charge in [0.1, 0.15) is 12.4 Å². The third-order valence-corrected chi connectivity index (χ3v) is 2.39.